The predicted molar refractivity (Wildman–Crippen MR) is 99.5 cm³/mol. The van der Waals surface area contributed by atoms with Crippen molar-refractivity contribution < 1.29 is 4.79 Å². The fourth-order valence-corrected chi connectivity index (χ4v) is 3.29. The molecule has 0 N–H and O–H groups in total. The van der Waals surface area contributed by atoms with Crippen LogP contribution in [0.5, 0.6) is 0 Å². The van der Waals surface area contributed by atoms with E-state index < -0.39 is 0 Å². The molecule has 0 fully saturated rings. The number of hydrogen-bond acceptors (Lipinski definition) is 5. The Bertz CT molecular complexity index is 887. The maximum absolute atomic E-state index is 12.4. The fourth-order valence-electron chi connectivity index (χ4n) is 2.51. The summed E-state index contributed by atoms with van der Waals surface area (Å²) in [5.41, 5.74) is 5.10. The highest BCUT2D eigenvalue weighted by Gasteiger charge is 2.14. The van der Waals surface area contributed by atoms with Crippen molar-refractivity contribution in [3.63, 3.8) is 0 Å². The molecule has 0 radical (unpaired) electrons. The van der Waals surface area contributed by atoms with Crippen LogP contribution in [0, 0.1) is 13.8 Å². The lowest BCUT2D eigenvalue weighted by Crippen LogP contribution is -2.06. The first-order valence-electron chi connectivity index (χ1n) is 8.19. The molecule has 25 heavy (non-hydrogen) atoms. The third kappa shape index (κ3) is 3.96. The number of hydrogen-bond donors (Lipinski definition) is 0. The molecule has 0 aliphatic rings. The smallest absolute Gasteiger partial charge is 0.214 e. The van der Waals surface area contributed by atoms with Crippen molar-refractivity contribution in [2.45, 2.75) is 32.3 Å². The molecule has 0 aliphatic heterocycles. The molecule has 1 heterocycles. The fraction of sp³-hybridized carbons (Fsp3) is 0.263. The first-order chi connectivity index (χ1) is 12.1. The number of benzene rings is 2. The van der Waals surface area contributed by atoms with Gasteiger partial charge in [0.1, 0.15) is 0 Å². The first kappa shape index (κ1) is 17.4. The molecule has 0 unspecified atom stereocenters. The molecule has 0 saturated heterocycles. The van der Waals surface area contributed by atoms with Gasteiger partial charge in [0, 0.05) is 5.56 Å². The van der Waals surface area contributed by atoms with Crippen LogP contribution in [0.1, 0.15) is 34.0 Å². The molecule has 0 amide bonds. The molecule has 0 atom stereocenters. The zero-order valence-corrected chi connectivity index (χ0v) is 15.4. The van der Waals surface area contributed by atoms with Gasteiger partial charge in [-0.15, -0.1) is 5.10 Å². The van der Waals surface area contributed by atoms with Gasteiger partial charge in [0.2, 0.25) is 5.16 Å². The highest BCUT2D eigenvalue weighted by molar-refractivity contribution is 7.99. The molecule has 128 valence electrons. The van der Waals surface area contributed by atoms with Crippen LogP contribution in [0.3, 0.4) is 0 Å². The maximum atomic E-state index is 12.4. The number of rotatable bonds is 6. The Kier molecular flexibility index (Phi) is 5.28. The molecular weight excluding hydrogens is 332 g/mol. The van der Waals surface area contributed by atoms with Gasteiger partial charge in [0.15, 0.2) is 5.78 Å². The van der Waals surface area contributed by atoms with E-state index in [1.807, 2.05) is 50.2 Å². The van der Waals surface area contributed by atoms with Gasteiger partial charge in [-0.2, -0.15) is 4.68 Å². The highest BCUT2D eigenvalue weighted by Crippen LogP contribution is 2.22. The molecule has 3 rings (SSSR count). The van der Waals surface area contributed by atoms with Crippen molar-refractivity contribution in [1.29, 1.82) is 0 Å². The number of Topliss-reactive ketones (excluding diaryl/α,β-unsaturated/α-hetero) is 1. The topological polar surface area (TPSA) is 60.7 Å². The van der Waals surface area contributed by atoms with Crippen LogP contribution >= 0.6 is 11.8 Å². The normalized spacial score (nSPS) is 10.8. The van der Waals surface area contributed by atoms with Gasteiger partial charge in [-0.1, -0.05) is 55.1 Å². The Labute approximate surface area is 151 Å². The Balaban J connectivity index is 1.75. The summed E-state index contributed by atoms with van der Waals surface area (Å²) >= 11 is 1.35. The maximum Gasteiger partial charge on any atom is 0.214 e. The second kappa shape index (κ2) is 7.61. The van der Waals surface area contributed by atoms with Crippen LogP contribution < -0.4 is 0 Å². The SMILES string of the molecule is CCc1ccc(C(=O)CSc2nnnn2-c2cc(C)ccc2C)cc1. The lowest BCUT2D eigenvalue weighted by molar-refractivity contribution is 0.102. The van der Waals surface area contributed by atoms with E-state index in [0.717, 1.165) is 28.8 Å². The standard InChI is InChI=1S/C19H20N4OS/c1-4-15-7-9-16(10-8-15)18(24)12-25-19-20-21-22-23(19)17-11-13(2)5-6-14(17)3/h5-11H,4,12H2,1-3H3. The third-order valence-corrected chi connectivity index (χ3v) is 4.97. The minimum absolute atomic E-state index is 0.0724. The summed E-state index contributed by atoms with van der Waals surface area (Å²) in [4.78, 5) is 12.4. The van der Waals surface area contributed by atoms with Gasteiger partial charge < -0.3 is 0 Å². The molecule has 5 nitrogen and oxygen atoms in total. The number of tetrazole rings is 1. The van der Waals surface area contributed by atoms with Crippen molar-refractivity contribution in [3.05, 3.63) is 64.7 Å². The van der Waals surface area contributed by atoms with E-state index >= 15 is 0 Å². The molecule has 6 heteroatoms. The van der Waals surface area contributed by atoms with E-state index in [0.29, 0.717) is 10.9 Å². The van der Waals surface area contributed by atoms with Gasteiger partial charge in [0.05, 0.1) is 11.4 Å². The molecular formula is C19H20N4OS. The number of carbonyl (C=O) groups is 1. The lowest BCUT2D eigenvalue weighted by atomic mass is 10.1. The first-order valence-corrected chi connectivity index (χ1v) is 9.18. The van der Waals surface area contributed by atoms with Gasteiger partial charge in [-0.05, 0) is 53.5 Å². The molecule has 1 aromatic heterocycles. The number of nitrogens with zero attached hydrogens (tertiary/aromatic N) is 4. The van der Waals surface area contributed by atoms with Gasteiger partial charge in [-0.3, -0.25) is 4.79 Å². The number of aryl methyl sites for hydroxylation is 3. The highest BCUT2D eigenvalue weighted by atomic mass is 32.2. The number of ketones is 1. The van der Waals surface area contributed by atoms with Crippen molar-refractivity contribution in [2.24, 2.45) is 0 Å². The van der Waals surface area contributed by atoms with Gasteiger partial charge in [0.25, 0.3) is 0 Å². The molecule has 3 aromatic rings. The summed E-state index contributed by atoms with van der Waals surface area (Å²) in [6, 6.07) is 13.9. The Morgan fingerprint density at radius 3 is 2.60 bits per heavy atom. The summed E-state index contributed by atoms with van der Waals surface area (Å²) in [5.74, 6) is 0.375. The van der Waals surface area contributed by atoms with Crippen LogP contribution in [-0.2, 0) is 6.42 Å². The van der Waals surface area contributed by atoms with Crippen LogP contribution in [0.2, 0.25) is 0 Å². The van der Waals surface area contributed by atoms with E-state index in [2.05, 4.69) is 28.5 Å². The van der Waals surface area contributed by atoms with Crippen LogP contribution in [-0.4, -0.2) is 31.7 Å². The Hall–Kier alpha value is -2.47. The minimum Gasteiger partial charge on any atom is -0.293 e. The van der Waals surface area contributed by atoms with Crippen molar-refractivity contribution in [3.8, 4) is 5.69 Å². The van der Waals surface area contributed by atoms with E-state index in [4.69, 9.17) is 0 Å². The zero-order valence-electron chi connectivity index (χ0n) is 14.6. The Morgan fingerprint density at radius 1 is 1.12 bits per heavy atom. The third-order valence-electron chi connectivity index (χ3n) is 4.05. The van der Waals surface area contributed by atoms with Crippen molar-refractivity contribution in [2.75, 3.05) is 5.75 Å². The predicted octanol–water partition coefficient (Wildman–Crippen LogP) is 3.82. The Morgan fingerprint density at radius 2 is 1.88 bits per heavy atom. The number of aromatic nitrogens is 4. The summed E-state index contributed by atoms with van der Waals surface area (Å²) in [6.45, 7) is 6.15. The van der Waals surface area contributed by atoms with Crippen molar-refractivity contribution >= 4 is 17.5 Å². The summed E-state index contributed by atoms with van der Waals surface area (Å²) in [7, 11) is 0. The van der Waals surface area contributed by atoms with Gasteiger partial charge in [-0.25, -0.2) is 0 Å². The molecule has 0 aliphatic carbocycles. The lowest BCUT2D eigenvalue weighted by Gasteiger charge is -2.08. The van der Waals surface area contributed by atoms with Gasteiger partial charge >= 0.3 is 0 Å². The summed E-state index contributed by atoms with van der Waals surface area (Å²) in [6.07, 6.45) is 0.966. The number of carbonyl (C=O) groups excluding carboxylic acids is 1. The van der Waals surface area contributed by atoms with Crippen molar-refractivity contribution in [1.82, 2.24) is 20.2 Å². The number of thioether (sulfide) groups is 1. The van der Waals surface area contributed by atoms with E-state index in [-0.39, 0.29) is 5.78 Å². The molecule has 2 aromatic carbocycles. The summed E-state index contributed by atoms with van der Waals surface area (Å²) in [5, 5.41) is 12.5. The summed E-state index contributed by atoms with van der Waals surface area (Å²) < 4.78 is 1.69. The minimum atomic E-state index is 0.0724. The monoisotopic (exact) mass is 352 g/mol. The van der Waals surface area contributed by atoms with E-state index in [9.17, 15) is 4.79 Å². The molecule has 0 bridgehead atoms. The molecule has 0 spiro atoms. The van der Waals surface area contributed by atoms with Crippen LogP contribution in [0.4, 0.5) is 0 Å². The van der Waals surface area contributed by atoms with Crippen LogP contribution in [0.15, 0.2) is 47.6 Å². The average Bonchev–Trinajstić information content (AvgIpc) is 3.10. The van der Waals surface area contributed by atoms with E-state index in [1.54, 1.807) is 4.68 Å². The second-order valence-corrected chi connectivity index (χ2v) is 6.87. The zero-order chi connectivity index (χ0) is 17.8. The van der Waals surface area contributed by atoms with E-state index in [1.165, 1.54) is 17.3 Å². The van der Waals surface area contributed by atoms with Crippen LogP contribution in [0.25, 0.3) is 5.69 Å². The second-order valence-electron chi connectivity index (χ2n) is 5.93. The largest absolute Gasteiger partial charge is 0.293 e. The average molecular weight is 352 g/mol. The quantitative estimate of drug-likeness (QED) is 0.498. The molecule has 0 saturated carbocycles.